The van der Waals surface area contributed by atoms with Crippen LogP contribution in [0.1, 0.15) is 4.88 Å². The Labute approximate surface area is 120 Å². The minimum absolute atomic E-state index is 0.000730. The predicted octanol–water partition coefficient (Wildman–Crippen LogP) is 1.90. The highest BCUT2D eigenvalue weighted by Crippen LogP contribution is 2.21. The van der Waals surface area contributed by atoms with E-state index in [9.17, 15) is 8.42 Å². The molecule has 0 saturated carbocycles. The SMILES string of the molecule is Nc1ccncc1S(=O)(=O)NCCc1ccc(Cl)s1. The van der Waals surface area contributed by atoms with Gasteiger partial charge in [0.2, 0.25) is 10.0 Å². The minimum atomic E-state index is -3.62. The molecule has 5 nitrogen and oxygen atoms in total. The van der Waals surface area contributed by atoms with Crippen molar-refractivity contribution >= 4 is 38.6 Å². The fraction of sp³-hybridized carbons (Fsp3) is 0.182. The zero-order chi connectivity index (χ0) is 13.9. The number of aromatic nitrogens is 1. The third-order valence-electron chi connectivity index (χ3n) is 2.40. The number of nitrogens with zero attached hydrogens (tertiary/aromatic N) is 1. The normalized spacial score (nSPS) is 11.6. The number of sulfonamides is 1. The fourth-order valence-electron chi connectivity index (χ4n) is 1.49. The first kappa shape index (κ1) is 14.3. The van der Waals surface area contributed by atoms with E-state index in [0.717, 1.165) is 4.88 Å². The van der Waals surface area contributed by atoms with Crippen LogP contribution in [0.2, 0.25) is 4.34 Å². The molecule has 0 saturated heterocycles. The Morgan fingerprint density at radius 2 is 2.16 bits per heavy atom. The first-order valence-corrected chi connectivity index (χ1v) is 8.10. The van der Waals surface area contributed by atoms with Gasteiger partial charge in [-0.2, -0.15) is 0 Å². The molecular formula is C11H12ClN3O2S2. The zero-order valence-electron chi connectivity index (χ0n) is 9.84. The molecule has 0 radical (unpaired) electrons. The first-order valence-electron chi connectivity index (χ1n) is 5.42. The van der Waals surface area contributed by atoms with E-state index in [0.29, 0.717) is 10.8 Å². The molecule has 2 heterocycles. The van der Waals surface area contributed by atoms with Gasteiger partial charge in [0.1, 0.15) is 4.90 Å². The molecule has 0 unspecified atom stereocenters. The number of anilines is 1. The second-order valence-corrected chi connectivity index (χ2v) is 7.30. The predicted molar refractivity (Wildman–Crippen MR) is 76.9 cm³/mol. The maximum absolute atomic E-state index is 12.0. The van der Waals surface area contributed by atoms with Crippen molar-refractivity contribution in [3.05, 3.63) is 39.8 Å². The molecule has 2 aromatic rings. The molecule has 0 bridgehead atoms. The van der Waals surface area contributed by atoms with Gasteiger partial charge < -0.3 is 5.73 Å². The summed E-state index contributed by atoms with van der Waals surface area (Å²) in [6.07, 6.45) is 3.26. The Hall–Kier alpha value is -1.15. The zero-order valence-corrected chi connectivity index (χ0v) is 12.2. The molecule has 2 rings (SSSR count). The summed E-state index contributed by atoms with van der Waals surface area (Å²) in [6.45, 7) is 0.285. The summed E-state index contributed by atoms with van der Waals surface area (Å²) >= 11 is 7.23. The van der Waals surface area contributed by atoms with Crippen molar-refractivity contribution in [3.8, 4) is 0 Å². The smallest absolute Gasteiger partial charge is 0.244 e. The topological polar surface area (TPSA) is 85.1 Å². The van der Waals surface area contributed by atoms with Crippen LogP contribution < -0.4 is 10.5 Å². The van der Waals surface area contributed by atoms with Gasteiger partial charge in [-0.05, 0) is 24.6 Å². The van der Waals surface area contributed by atoms with Gasteiger partial charge in [0.15, 0.2) is 0 Å². The molecule has 8 heteroatoms. The van der Waals surface area contributed by atoms with Crippen LogP contribution in [-0.4, -0.2) is 19.9 Å². The lowest BCUT2D eigenvalue weighted by Gasteiger charge is -2.07. The second-order valence-electron chi connectivity index (χ2n) is 3.77. The van der Waals surface area contributed by atoms with Gasteiger partial charge in [0.25, 0.3) is 0 Å². The lowest BCUT2D eigenvalue weighted by atomic mass is 10.3. The van der Waals surface area contributed by atoms with Gasteiger partial charge >= 0.3 is 0 Å². The number of thiophene rings is 1. The van der Waals surface area contributed by atoms with E-state index in [1.54, 1.807) is 6.07 Å². The molecule has 0 amide bonds. The molecular weight excluding hydrogens is 306 g/mol. The van der Waals surface area contributed by atoms with Crippen LogP contribution in [0, 0.1) is 0 Å². The van der Waals surface area contributed by atoms with Gasteiger partial charge in [-0.3, -0.25) is 4.98 Å². The number of nitrogens with one attached hydrogen (secondary N) is 1. The summed E-state index contributed by atoms with van der Waals surface area (Å²) in [5.41, 5.74) is 5.80. The maximum atomic E-state index is 12.0. The maximum Gasteiger partial charge on any atom is 0.244 e. The number of rotatable bonds is 5. The van der Waals surface area contributed by atoms with E-state index in [1.807, 2.05) is 6.07 Å². The molecule has 2 aromatic heterocycles. The number of hydrogen-bond donors (Lipinski definition) is 2. The van der Waals surface area contributed by atoms with Crippen LogP contribution in [0.5, 0.6) is 0 Å². The van der Waals surface area contributed by atoms with Gasteiger partial charge in [-0.25, -0.2) is 13.1 Å². The van der Waals surface area contributed by atoms with Crippen LogP contribution in [0.3, 0.4) is 0 Å². The van der Waals surface area contributed by atoms with E-state index in [2.05, 4.69) is 9.71 Å². The monoisotopic (exact) mass is 317 g/mol. The molecule has 0 aromatic carbocycles. The summed E-state index contributed by atoms with van der Waals surface area (Å²) in [5.74, 6) is 0. The molecule has 0 spiro atoms. The molecule has 102 valence electrons. The molecule has 19 heavy (non-hydrogen) atoms. The Morgan fingerprint density at radius 1 is 1.37 bits per heavy atom. The summed E-state index contributed by atoms with van der Waals surface area (Å²) < 4.78 is 27.2. The van der Waals surface area contributed by atoms with E-state index in [1.165, 1.54) is 29.8 Å². The molecule has 0 atom stereocenters. The second kappa shape index (κ2) is 5.87. The number of nitrogen functional groups attached to an aromatic ring is 1. The van der Waals surface area contributed by atoms with Crippen LogP contribution in [0.15, 0.2) is 35.5 Å². The number of nitrogens with two attached hydrogens (primary N) is 1. The average molecular weight is 318 g/mol. The third-order valence-corrected chi connectivity index (χ3v) is 5.19. The van der Waals surface area contributed by atoms with Gasteiger partial charge in [0, 0.05) is 23.8 Å². The first-order chi connectivity index (χ1) is 8.99. The van der Waals surface area contributed by atoms with Gasteiger partial charge in [-0.1, -0.05) is 11.6 Å². The Bertz CT molecular complexity index is 670. The number of pyridine rings is 1. The number of hydrogen-bond acceptors (Lipinski definition) is 5. The van der Waals surface area contributed by atoms with Crippen LogP contribution in [0.25, 0.3) is 0 Å². The van der Waals surface area contributed by atoms with Crippen LogP contribution in [0.4, 0.5) is 5.69 Å². The van der Waals surface area contributed by atoms with Crippen molar-refractivity contribution in [3.63, 3.8) is 0 Å². The Morgan fingerprint density at radius 3 is 2.79 bits per heavy atom. The lowest BCUT2D eigenvalue weighted by molar-refractivity contribution is 0.582. The average Bonchev–Trinajstić information content (AvgIpc) is 2.75. The molecule has 3 N–H and O–H groups in total. The minimum Gasteiger partial charge on any atom is -0.398 e. The summed E-state index contributed by atoms with van der Waals surface area (Å²) in [5, 5.41) is 0. The molecule has 0 aliphatic heterocycles. The van der Waals surface area contributed by atoms with Crippen molar-refractivity contribution in [1.82, 2.24) is 9.71 Å². The van der Waals surface area contributed by atoms with Crippen molar-refractivity contribution in [2.24, 2.45) is 0 Å². The summed E-state index contributed by atoms with van der Waals surface area (Å²) in [6, 6.07) is 5.11. The van der Waals surface area contributed by atoms with Crippen molar-refractivity contribution < 1.29 is 8.42 Å². The van der Waals surface area contributed by atoms with Gasteiger partial charge in [0.05, 0.1) is 10.0 Å². The van der Waals surface area contributed by atoms with Crippen LogP contribution in [-0.2, 0) is 16.4 Å². The molecule has 0 aliphatic rings. The lowest BCUT2D eigenvalue weighted by Crippen LogP contribution is -2.26. The molecule has 0 aliphatic carbocycles. The van der Waals surface area contributed by atoms with E-state index < -0.39 is 10.0 Å². The van der Waals surface area contributed by atoms with Crippen LogP contribution >= 0.6 is 22.9 Å². The van der Waals surface area contributed by atoms with Crippen molar-refractivity contribution in [2.45, 2.75) is 11.3 Å². The van der Waals surface area contributed by atoms with E-state index in [-0.39, 0.29) is 17.1 Å². The van der Waals surface area contributed by atoms with Crippen molar-refractivity contribution in [1.29, 1.82) is 0 Å². The van der Waals surface area contributed by atoms with E-state index >= 15 is 0 Å². The quantitative estimate of drug-likeness (QED) is 0.882. The fourth-order valence-corrected chi connectivity index (χ4v) is 3.68. The molecule has 0 fully saturated rings. The van der Waals surface area contributed by atoms with Crippen molar-refractivity contribution in [2.75, 3.05) is 12.3 Å². The highest BCUT2D eigenvalue weighted by molar-refractivity contribution is 7.89. The summed E-state index contributed by atoms with van der Waals surface area (Å²) in [7, 11) is -3.62. The Balaban J connectivity index is 2.01. The Kier molecular flexibility index (Phi) is 4.41. The largest absolute Gasteiger partial charge is 0.398 e. The highest BCUT2D eigenvalue weighted by atomic mass is 35.5. The van der Waals surface area contributed by atoms with Gasteiger partial charge in [-0.15, -0.1) is 11.3 Å². The van der Waals surface area contributed by atoms with E-state index in [4.69, 9.17) is 17.3 Å². The highest BCUT2D eigenvalue weighted by Gasteiger charge is 2.16. The standard InChI is InChI=1S/C11H12ClN3O2S2/c12-11-2-1-8(18-11)3-6-15-19(16,17)10-7-14-5-4-9(10)13/h1-2,4-5,7,15H,3,6H2,(H2,13,14). The third kappa shape index (κ3) is 3.66. The number of halogens is 1. The summed E-state index contributed by atoms with van der Waals surface area (Å²) in [4.78, 5) is 4.79.